The van der Waals surface area contributed by atoms with Gasteiger partial charge in [0.15, 0.2) is 11.1 Å². The predicted molar refractivity (Wildman–Crippen MR) is 122 cm³/mol. The van der Waals surface area contributed by atoms with E-state index in [1.807, 2.05) is 35.7 Å². The molecule has 5 N–H and O–H groups in total. The summed E-state index contributed by atoms with van der Waals surface area (Å²) in [4.78, 5) is 22.3. The number of para-hydroxylation sites is 1. The number of aliphatic hydroxyl groups is 1. The van der Waals surface area contributed by atoms with E-state index in [1.54, 1.807) is 13.2 Å². The van der Waals surface area contributed by atoms with Crippen LogP contribution >= 0.6 is 22.7 Å². The van der Waals surface area contributed by atoms with Crippen LogP contribution in [0.15, 0.2) is 46.8 Å². The minimum atomic E-state index is -0.208. The molecule has 3 aromatic rings. The zero-order valence-corrected chi connectivity index (χ0v) is 18.1. The fourth-order valence-corrected chi connectivity index (χ4v) is 4.33. The van der Waals surface area contributed by atoms with E-state index in [0.717, 1.165) is 21.9 Å². The number of thiophene rings is 1. The standard InChI is InChI=1S/C20H23N5O3S2/c1-28-15-5-3-2-4-13(15)8-9-23-19(21)25-20-24-14(12-29-20)16-6-7-17(30-16)18(27)22-10-11-26/h2-7,12,26H,8-11H2,1H3,(H,22,27)(H3,21,23,24,25). The van der Waals surface area contributed by atoms with E-state index in [1.165, 1.54) is 22.7 Å². The molecule has 0 saturated heterocycles. The lowest BCUT2D eigenvalue weighted by molar-refractivity contribution is 0.0949. The van der Waals surface area contributed by atoms with Gasteiger partial charge in [0.2, 0.25) is 0 Å². The van der Waals surface area contributed by atoms with Crippen molar-refractivity contribution in [3.63, 3.8) is 0 Å². The third-order valence-corrected chi connectivity index (χ3v) is 5.94. The Kier molecular flexibility index (Phi) is 7.77. The van der Waals surface area contributed by atoms with Gasteiger partial charge in [0.05, 0.1) is 29.2 Å². The minimum absolute atomic E-state index is 0.0903. The molecule has 0 radical (unpaired) electrons. The number of aliphatic imine (C=N–C) groups is 1. The fraction of sp³-hybridized carbons (Fsp3) is 0.250. The number of hydrogen-bond donors (Lipinski definition) is 4. The van der Waals surface area contributed by atoms with Crippen molar-refractivity contribution in [1.29, 1.82) is 0 Å². The van der Waals surface area contributed by atoms with Gasteiger partial charge in [-0.3, -0.25) is 9.79 Å². The number of nitrogens with one attached hydrogen (secondary N) is 2. The molecule has 0 spiro atoms. The molecule has 158 valence electrons. The van der Waals surface area contributed by atoms with Gasteiger partial charge in [-0.25, -0.2) is 4.98 Å². The minimum Gasteiger partial charge on any atom is -0.496 e. The van der Waals surface area contributed by atoms with Gasteiger partial charge in [0.25, 0.3) is 5.91 Å². The number of rotatable bonds is 9. The van der Waals surface area contributed by atoms with E-state index in [-0.39, 0.29) is 19.1 Å². The Morgan fingerprint density at radius 1 is 1.30 bits per heavy atom. The van der Waals surface area contributed by atoms with Crippen molar-refractivity contribution in [1.82, 2.24) is 10.3 Å². The second kappa shape index (κ2) is 10.7. The second-order valence-electron chi connectivity index (χ2n) is 6.14. The molecule has 2 aromatic heterocycles. The van der Waals surface area contributed by atoms with E-state index < -0.39 is 0 Å². The average molecular weight is 446 g/mol. The lowest BCUT2D eigenvalue weighted by Crippen LogP contribution is -2.25. The van der Waals surface area contributed by atoms with Gasteiger partial charge in [-0.15, -0.1) is 22.7 Å². The van der Waals surface area contributed by atoms with Crippen LogP contribution in [0.25, 0.3) is 10.6 Å². The maximum absolute atomic E-state index is 12.0. The number of aromatic nitrogens is 1. The molecule has 8 nitrogen and oxygen atoms in total. The van der Waals surface area contributed by atoms with Crippen LogP contribution in [0.3, 0.4) is 0 Å². The molecule has 1 aromatic carbocycles. The third kappa shape index (κ3) is 5.78. The Labute approximate surface area is 182 Å². The topological polar surface area (TPSA) is 122 Å². The Hall–Kier alpha value is -2.95. The summed E-state index contributed by atoms with van der Waals surface area (Å²) in [5.74, 6) is 0.922. The van der Waals surface area contributed by atoms with Crippen molar-refractivity contribution in [2.45, 2.75) is 6.42 Å². The van der Waals surface area contributed by atoms with Gasteiger partial charge < -0.3 is 26.2 Å². The Morgan fingerprint density at radius 3 is 2.93 bits per heavy atom. The normalized spacial score (nSPS) is 11.3. The van der Waals surface area contributed by atoms with Crippen LogP contribution < -0.4 is 21.1 Å². The molecule has 0 unspecified atom stereocenters. The lowest BCUT2D eigenvalue weighted by Gasteiger charge is -2.06. The summed E-state index contributed by atoms with van der Waals surface area (Å²) in [6.45, 7) is 0.661. The van der Waals surface area contributed by atoms with Gasteiger partial charge in [-0.05, 0) is 30.2 Å². The highest BCUT2D eigenvalue weighted by molar-refractivity contribution is 7.18. The van der Waals surface area contributed by atoms with Crippen molar-refractivity contribution in [2.75, 3.05) is 32.1 Å². The molecule has 0 aliphatic heterocycles. The number of thiazole rings is 1. The van der Waals surface area contributed by atoms with Gasteiger partial charge >= 0.3 is 0 Å². The number of nitrogens with zero attached hydrogens (tertiary/aromatic N) is 2. The molecular formula is C20H23N5O3S2. The number of carbonyl (C=O) groups excluding carboxylic acids is 1. The molecule has 0 aliphatic rings. The summed E-state index contributed by atoms with van der Waals surface area (Å²) in [5.41, 5.74) is 7.82. The summed E-state index contributed by atoms with van der Waals surface area (Å²) in [6, 6.07) is 11.4. The highest BCUT2D eigenvalue weighted by Gasteiger charge is 2.12. The van der Waals surface area contributed by atoms with Gasteiger partial charge in [-0.2, -0.15) is 0 Å². The Bertz CT molecular complexity index is 1020. The van der Waals surface area contributed by atoms with Crippen molar-refractivity contribution in [3.05, 3.63) is 52.2 Å². The monoisotopic (exact) mass is 445 g/mol. The lowest BCUT2D eigenvalue weighted by atomic mass is 10.1. The van der Waals surface area contributed by atoms with E-state index in [0.29, 0.717) is 28.9 Å². The number of carbonyl (C=O) groups is 1. The van der Waals surface area contributed by atoms with Crippen molar-refractivity contribution < 1.29 is 14.6 Å². The molecule has 3 rings (SSSR count). The van der Waals surface area contributed by atoms with Crippen molar-refractivity contribution >= 4 is 39.7 Å². The summed E-state index contributed by atoms with van der Waals surface area (Å²) < 4.78 is 5.34. The van der Waals surface area contributed by atoms with Crippen molar-refractivity contribution in [3.8, 4) is 16.3 Å². The van der Waals surface area contributed by atoms with E-state index >= 15 is 0 Å². The van der Waals surface area contributed by atoms with E-state index in [4.69, 9.17) is 15.6 Å². The largest absolute Gasteiger partial charge is 0.496 e. The van der Waals surface area contributed by atoms with Gasteiger partial charge in [0.1, 0.15) is 5.75 Å². The molecule has 1 amide bonds. The average Bonchev–Trinajstić information content (AvgIpc) is 3.42. The first-order chi connectivity index (χ1) is 14.6. The first-order valence-corrected chi connectivity index (χ1v) is 10.9. The molecule has 0 saturated carbocycles. The second-order valence-corrected chi connectivity index (χ2v) is 8.08. The molecule has 0 fully saturated rings. The van der Waals surface area contributed by atoms with E-state index in [2.05, 4.69) is 20.6 Å². The zero-order valence-electron chi connectivity index (χ0n) is 16.4. The quantitative estimate of drug-likeness (QED) is 0.297. The first kappa shape index (κ1) is 21.8. The van der Waals surface area contributed by atoms with Crippen LogP contribution in [0, 0.1) is 0 Å². The molecular weight excluding hydrogens is 422 g/mol. The summed E-state index contributed by atoms with van der Waals surface area (Å²) in [7, 11) is 1.65. The highest BCUT2D eigenvalue weighted by Crippen LogP contribution is 2.30. The van der Waals surface area contributed by atoms with Crippen LogP contribution in [0.5, 0.6) is 5.75 Å². The number of ether oxygens (including phenoxy) is 1. The summed E-state index contributed by atoms with van der Waals surface area (Å²) in [6.07, 6.45) is 0.714. The summed E-state index contributed by atoms with van der Waals surface area (Å²) in [5, 5.41) is 17.0. The smallest absolute Gasteiger partial charge is 0.261 e. The van der Waals surface area contributed by atoms with E-state index in [9.17, 15) is 4.79 Å². The maximum atomic E-state index is 12.0. The molecule has 10 heteroatoms. The van der Waals surface area contributed by atoms with Crippen LogP contribution in [0.1, 0.15) is 15.2 Å². The van der Waals surface area contributed by atoms with Crippen LogP contribution in [-0.2, 0) is 6.42 Å². The number of benzene rings is 1. The number of anilines is 1. The number of hydrogen-bond acceptors (Lipinski definition) is 7. The number of guanidine groups is 1. The molecule has 0 bridgehead atoms. The molecule has 0 aliphatic carbocycles. The molecule has 30 heavy (non-hydrogen) atoms. The Morgan fingerprint density at radius 2 is 2.13 bits per heavy atom. The van der Waals surface area contributed by atoms with Gasteiger partial charge in [-0.1, -0.05) is 18.2 Å². The SMILES string of the molecule is COc1ccccc1CCN=C(N)Nc1nc(-c2ccc(C(=O)NCCO)s2)cs1. The third-order valence-electron chi connectivity index (χ3n) is 4.07. The van der Waals surface area contributed by atoms with Crippen LogP contribution in [-0.4, -0.2) is 48.8 Å². The fourth-order valence-electron chi connectivity index (χ4n) is 2.65. The van der Waals surface area contributed by atoms with Crippen LogP contribution in [0.2, 0.25) is 0 Å². The van der Waals surface area contributed by atoms with Crippen LogP contribution in [0.4, 0.5) is 5.13 Å². The molecule has 0 atom stereocenters. The molecule has 2 heterocycles. The number of methoxy groups -OCH3 is 1. The summed E-state index contributed by atoms with van der Waals surface area (Å²) >= 11 is 2.75. The number of amides is 1. The zero-order chi connectivity index (χ0) is 21.3. The number of nitrogens with two attached hydrogens (primary N) is 1. The Balaban J connectivity index is 1.56. The van der Waals surface area contributed by atoms with Gasteiger partial charge in [0, 0.05) is 18.5 Å². The maximum Gasteiger partial charge on any atom is 0.261 e. The predicted octanol–water partition coefficient (Wildman–Crippen LogP) is 2.57. The number of aliphatic hydroxyl groups excluding tert-OH is 1. The first-order valence-electron chi connectivity index (χ1n) is 9.24. The van der Waals surface area contributed by atoms with Crippen molar-refractivity contribution in [2.24, 2.45) is 10.7 Å². The highest BCUT2D eigenvalue weighted by atomic mass is 32.1.